The van der Waals surface area contributed by atoms with Crippen LogP contribution in [-0.2, 0) is 11.3 Å². The summed E-state index contributed by atoms with van der Waals surface area (Å²) in [5.41, 5.74) is 0.298. The predicted octanol–water partition coefficient (Wildman–Crippen LogP) is 2.70. The lowest BCUT2D eigenvalue weighted by Gasteiger charge is -2.16. The normalized spacial score (nSPS) is 11.0. The van der Waals surface area contributed by atoms with E-state index in [1.165, 1.54) is 19.2 Å². The molecule has 9 heteroatoms. The first-order valence-electron chi connectivity index (χ1n) is 8.52. The zero-order chi connectivity index (χ0) is 21.3. The van der Waals surface area contributed by atoms with Gasteiger partial charge in [-0.05, 0) is 32.3 Å². The Balaban J connectivity index is 2.14. The number of phenols is 3. The summed E-state index contributed by atoms with van der Waals surface area (Å²) < 4.78 is 10.3. The zero-order valence-corrected chi connectivity index (χ0v) is 16.0. The Hall–Kier alpha value is -3.72. The van der Waals surface area contributed by atoms with Crippen LogP contribution in [0.2, 0.25) is 0 Å². The smallest absolute Gasteiger partial charge is 0.360 e. The van der Waals surface area contributed by atoms with E-state index in [4.69, 9.17) is 4.74 Å². The zero-order valence-electron chi connectivity index (χ0n) is 16.0. The Bertz CT molecular complexity index is 1070. The van der Waals surface area contributed by atoms with Crippen LogP contribution >= 0.6 is 0 Å². The number of phenolic OH excluding ortho intramolecular Hbond substituents is 3. The minimum atomic E-state index is -0.760. The lowest BCUT2D eigenvalue weighted by molar-refractivity contribution is 0.0590. The fraction of sp³-hybridized carbons (Fsp3) is 0.200. The number of methoxy groups -OCH3 is 1. The summed E-state index contributed by atoms with van der Waals surface area (Å²) in [6.07, 6.45) is 0. The summed E-state index contributed by atoms with van der Waals surface area (Å²) in [6.45, 7) is 0.361. The quantitative estimate of drug-likeness (QED) is 0.477. The van der Waals surface area contributed by atoms with Crippen molar-refractivity contribution in [1.82, 2.24) is 9.88 Å². The number of benzene rings is 2. The number of fused-ring (bicyclic) bond motifs is 1. The van der Waals surface area contributed by atoms with Gasteiger partial charge < -0.3 is 34.8 Å². The van der Waals surface area contributed by atoms with E-state index in [0.717, 1.165) is 12.1 Å². The van der Waals surface area contributed by atoms with E-state index < -0.39 is 17.5 Å². The third-order valence-electron chi connectivity index (χ3n) is 4.13. The fourth-order valence-corrected chi connectivity index (χ4v) is 2.87. The van der Waals surface area contributed by atoms with Gasteiger partial charge in [-0.2, -0.15) is 0 Å². The Morgan fingerprint density at radius 3 is 2.28 bits per heavy atom. The molecule has 0 aliphatic rings. The number of pyridine rings is 1. The predicted molar refractivity (Wildman–Crippen MR) is 104 cm³/mol. The molecule has 0 radical (unpaired) electrons. The maximum Gasteiger partial charge on any atom is 0.360 e. The molecule has 0 aliphatic carbocycles. The molecule has 1 heterocycles. The first-order chi connectivity index (χ1) is 13.7. The minimum absolute atomic E-state index is 0.195. The number of carbonyl (C=O) groups excluding carboxylic acids is 1. The molecule has 0 spiro atoms. The van der Waals surface area contributed by atoms with Crippen LogP contribution in [0.15, 0.2) is 30.3 Å². The topological polar surface area (TPSA) is 133 Å². The van der Waals surface area contributed by atoms with Crippen LogP contribution in [0.25, 0.3) is 10.8 Å². The summed E-state index contributed by atoms with van der Waals surface area (Å²) in [7, 11) is 4.85. The van der Waals surface area contributed by atoms with Crippen molar-refractivity contribution in [2.24, 2.45) is 0 Å². The Morgan fingerprint density at radius 1 is 1.03 bits per heavy atom. The van der Waals surface area contributed by atoms with Gasteiger partial charge in [-0.3, -0.25) is 0 Å². The monoisotopic (exact) mass is 400 g/mol. The molecule has 2 aromatic carbocycles. The van der Waals surface area contributed by atoms with E-state index in [0.29, 0.717) is 23.0 Å². The lowest BCUT2D eigenvalue weighted by Crippen LogP contribution is -2.15. The van der Waals surface area contributed by atoms with Crippen molar-refractivity contribution in [1.29, 1.82) is 0 Å². The second-order valence-corrected chi connectivity index (χ2v) is 6.61. The standard InChI is InChI=1S/C20H20N2O7/c1-22(2)9-14-13-8-11(29-19-15(24)6-10(23)7-16(19)25)4-5-12(13)18(26)17(21-14)20(27)28-3/h4-8,23-26H,9H2,1-3H3. The van der Waals surface area contributed by atoms with E-state index in [2.05, 4.69) is 9.72 Å². The number of ether oxygens (including phenoxy) is 2. The van der Waals surface area contributed by atoms with Gasteiger partial charge in [0.05, 0.1) is 12.8 Å². The van der Waals surface area contributed by atoms with Gasteiger partial charge in [0, 0.05) is 29.4 Å². The molecule has 0 saturated heterocycles. The average Bonchev–Trinajstić information content (AvgIpc) is 2.65. The van der Waals surface area contributed by atoms with Gasteiger partial charge in [0.15, 0.2) is 22.9 Å². The maximum absolute atomic E-state index is 12.0. The van der Waals surface area contributed by atoms with Crippen LogP contribution in [-0.4, -0.2) is 57.5 Å². The molecule has 0 amide bonds. The highest BCUT2D eigenvalue weighted by Crippen LogP contribution is 2.43. The van der Waals surface area contributed by atoms with Crippen LogP contribution in [0.3, 0.4) is 0 Å². The summed E-state index contributed by atoms with van der Waals surface area (Å²) in [4.78, 5) is 18.1. The molecule has 1 aromatic heterocycles. The molecular weight excluding hydrogens is 380 g/mol. The highest BCUT2D eigenvalue weighted by Gasteiger charge is 2.21. The van der Waals surface area contributed by atoms with E-state index in [-0.39, 0.29) is 28.7 Å². The van der Waals surface area contributed by atoms with Crippen LogP contribution in [0.5, 0.6) is 34.5 Å². The van der Waals surface area contributed by atoms with Crippen molar-refractivity contribution in [3.8, 4) is 34.5 Å². The lowest BCUT2D eigenvalue weighted by atomic mass is 10.1. The van der Waals surface area contributed by atoms with Crippen LogP contribution in [0.1, 0.15) is 16.2 Å². The molecule has 0 aliphatic heterocycles. The van der Waals surface area contributed by atoms with Crippen molar-refractivity contribution >= 4 is 16.7 Å². The van der Waals surface area contributed by atoms with Crippen molar-refractivity contribution in [2.75, 3.05) is 21.2 Å². The summed E-state index contributed by atoms with van der Waals surface area (Å²) in [5.74, 6) is -2.29. The first-order valence-corrected chi connectivity index (χ1v) is 8.52. The van der Waals surface area contributed by atoms with Crippen LogP contribution < -0.4 is 4.74 Å². The molecule has 4 N–H and O–H groups in total. The fourth-order valence-electron chi connectivity index (χ4n) is 2.87. The molecule has 9 nitrogen and oxygen atoms in total. The number of nitrogens with zero attached hydrogens (tertiary/aromatic N) is 2. The third-order valence-corrected chi connectivity index (χ3v) is 4.13. The molecule has 0 fully saturated rings. The molecule has 29 heavy (non-hydrogen) atoms. The Kier molecular flexibility index (Phi) is 5.33. The molecule has 0 atom stereocenters. The van der Waals surface area contributed by atoms with E-state index in [1.807, 2.05) is 19.0 Å². The highest BCUT2D eigenvalue weighted by atomic mass is 16.5. The molecule has 152 valence electrons. The number of rotatable bonds is 5. The largest absolute Gasteiger partial charge is 0.508 e. The van der Waals surface area contributed by atoms with Gasteiger partial charge in [-0.1, -0.05) is 0 Å². The van der Waals surface area contributed by atoms with Crippen molar-refractivity contribution in [3.63, 3.8) is 0 Å². The van der Waals surface area contributed by atoms with Gasteiger partial charge in [-0.25, -0.2) is 9.78 Å². The number of hydrogen-bond acceptors (Lipinski definition) is 9. The Labute approximate surface area is 166 Å². The first kappa shape index (κ1) is 20.0. The van der Waals surface area contributed by atoms with Crippen LogP contribution in [0.4, 0.5) is 0 Å². The van der Waals surface area contributed by atoms with E-state index in [9.17, 15) is 25.2 Å². The molecule has 0 saturated carbocycles. The van der Waals surface area contributed by atoms with Crippen molar-refractivity contribution < 1.29 is 34.7 Å². The molecule has 3 aromatic rings. The van der Waals surface area contributed by atoms with Gasteiger partial charge >= 0.3 is 5.97 Å². The minimum Gasteiger partial charge on any atom is -0.508 e. The summed E-state index contributed by atoms with van der Waals surface area (Å²) in [5, 5.41) is 40.6. The second kappa shape index (κ2) is 7.72. The number of carbonyl (C=O) groups is 1. The number of esters is 1. The number of aromatic hydroxyl groups is 4. The summed E-state index contributed by atoms with van der Waals surface area (Å²) >= 11 is 0. The van der Waals surface area contributed by atoms with Crippen molar-refractivity contribution in [3.05, 3.63) is 41.7 Å². The molecular formula is C20H20N2O7. The van der Waals surface area contributed by atoms with Gasteiger partial charge in [0.1, 0.15) is 11.5 Å². The number of aromatic nitrogens is 1. The van der Waals surface area contributed by atoms with Gasteiger partial charge in [0.2, 0.25) is 5.75 Å². The average molecular weight is 400 g/mol. The van der Waals surface area contributed by atoms with Crippen molar-refractivity contribution in [2.45, 2.75) is 6.54 Å². The number of hydrogen-bond donors (Lipinski definition) is 4. The van der Waals surface area contributed by atoms with Gasteiger partial charge in [0.25, 0.3) is 0 Å². The summed E-state index contributed by atoms with van der Waals surface area (Å²) in [6, 6.07) is 6.65. The van der Waals surface area contributed by atoms with E-state index in [1.54, 1.807) is 6.07 Å². The Morgan fingerprint density at radius 2 is 1.69 bits per heavy atom. The molecule has 0 bridgehead atoms. The van der Waals surface area contributed by atoms with Crippen LogP contribution in [0, 0.1) is 0 Å². The van der Waals surface area contributed by atoms with E-state index >= 15 is 0 Å². The maximum atomic E-state index is 12.0. The SMILES string of the molecule is COC(=O)c1nc(CN(C)C)c2cc(Oc3c(O)cc(O)cc3O)ccc2c1O. The highest BCUT2D eigenvalue weighted by molar-refractivity contribution is 6.00. The second-order valence-electron chi connectivity index (χ2n) is 6.61. The van der Waals surface area contributed by atoms with Gasteiger partial charge in [-0.15, -0.1) is 0 Å². The molecule has 3 rings (SSSR count). The molecule has 0 unspecified atom stereocenters. The third kappa shape index (κ3) is 3.94.